The van der Waals surface area contributed by atoms with E-state index in [1.54, 1.807) is 29.2 Å². The summed E-state index contributed by atoms with van der Waals surface area (Å²) in [4.78, 5) is 28.5. The molecule has 1 aliphatic heterocycles. The van der Waals surface area contributed by atoms with E-state index < -0.39 is 11.7 Å². The first kappa shape index (κ1) is 17.1. The first-order valence-electron chi connectivity index (χ1n) is 8.56. The Morgan fingerprint density at radius 2 is 1.44 bits per heavy atom. The first-order chi connectivity index (χ1) is 12.2. The van der Waals surface area contributed by atoms with Crippen molar-refractivity contribution in [2.75, 3.05) is 32.7 Å². The van der Waals surface area contributed by atoms with Gasteiger partial charge in [-0.3, -0.25) is 14.5 Å². The van der Waals surface area contributed by atoms with Crippen molar-refractivity contribution in [3.8, 4) is 0 Å². The third-order valence-electron chi connectivity index (χ3n) is 4.36. The van der Waals surface area contributed by atoms with Crippen molar-refractivity contribution in [1.29, 1.82) is 0 Å². The van der Waals surface area contributed by atoms with Crippen LogP contribution in [0, 0.1) is 0 Å². The zero-order valence-corrected chi connectivity index (χ0v) is 14.2. The van der Waals surface area contributed by atoms with Crippen molar-refractivity contribution < 1.29 is 9.59 Å². The summed E-state index contributed by atoms with van der Waals surface area (Å²) >= 11 is 0. The third-order valence-corrected chi connectivity index (χ3v) is 4.36. The van der Waals surface area contributed by atoms with Crippen LogP contribution in [0.5, 0.6) is 0 Å². The van der Waals surface area contributed by atoms with Gasteiger partial charge in [0.25, 0.3) is 5.91 Å². The van der Waals surface area contributed by atoms with Crippen LogP contribution < -0.4 is 0 Å². The van der Waals surface area contributed by atoms with E-state index in [1.807, 2.05) is 24.3 Å². The van der Waals surface area contributed by atoms with Crippen molar-refractivity contribution in [2.45, 2.75) is 0 Å². The van der Waals surface area contributed by atoms with Crippen LogP contribution in [0.3, 0.4) is 0 Å². The van der Waals surface area contributed by atoms with Crippen molar-refractivity contribution in [3.05, 3.63) is 77.9 Å². The average Bonchev–Trinajstić information content (AvgIpc) is 2.69. The number of rotatable bonds is 5. The molecule has 2 aromatic carbocycles. The van der Waals surface area contributed by atoms with Gasteiger partial charge in [-0.05, 0) is 5.56 Å². The third kappa shape index (κ3) is 4.64. The molecule has 0 atom stereocenters. The summed E-state index contributed by atoms with van der Waals surface area (Å²) in [5.41, 5.74) is 1.64. The smallest absolute Gasteiger partial charge is 0.295 e. The number of amides is 1. The molecular formula is C21H22N2O2. The van der Waals surface area contributed by atoms with Gasteiger partial charge in [0, 0.05) is 38.3 Å². The van der Waals surface area contributed by atoms with E-state index in [1.165, 1.54) is 5.56 Å². The Bertz CT molecular complexity index is 733. The van der Waals surface area contributed by atoms with Crippen molar-refractivity contribution in [3.63, 3.8) is 0 Å². The van der Waals surface area contributed by atoms with E-state index >= 15 is 0 Å². The molecule has 0 bridgehead atoms. The van der Waals surface area contributed by atoms with Gasteiger partial charge >= 0.3 is 0 Å². The molecule has 0 radical (unpaired) electrons. The van der Waals surface area contributed by atoms with Crippen molar-refractivity contribution in [2.24, 2.45) is 0 Å². The number of piperazine rings is 1. The standard InChI is InChI=1S/C21H22N2O2/c24-20(19-11-5-2-6-12-19)21(25)23-16-14-22(15-17-23)13-7-10-18-8-3-1-4-9-18/h1-12H,13-17H2/b10-7+. The Morgan fingerprint density at radius 3 is 2.08 bits per heavy atom. The lowest BCUT2D eigenvalue weighted by molar-refractivity contribution is -0.128. The summed E-state index contributed by atoms with van der Waals surface area (Å²) < 4.78 is 0. The van der Waals surface area contributed by atoms with Gasteiger partial charge in [-0.2, -0.15) is 0 Å². The molecule has 1 amide bonds. The monoisotopic (exact) mass is 334 g/mol. The van der Waals surface area contributed by atoms with Crippen LogP contribution in [0.25, 0.3) is 6.08 Å². The molecule has 4 heteroatoms. The van der Waals surface area contributed by atoms with Gasteiger partial charge in [-0.25, -0.2) is 0 Å². The zero-order chi connectivity index (χ0) is 17.5. The second kappa shape index (κ2) is 8.40. The van der Waals surface area contributed by atoms with E-state index in [9.17, 15) is 9.59 Å². The fourth-order valence-corrected chi connectivity index (χ4v) is 2.89. The zero-order valence-electron chi connectivity index (χ0n) is 14.2. The van der Waals surface area contributed by atoms with Crippen LogP contribution >= 0.6 is 0 Å². The molecule has 25 heavy (non-hydrogen) atoms. The highest BCUT2D eigenvalue weighted by atomic mass is 16.2. The minimum atomic E-state index is -0.418. The maximum absolute atomic E-state index is 12.3. The van der Waals surface area contributed by atoms with Crippen LogP contribution in [0.2, 0.25) is 0 Å². The highest BCUT2D eigenvalue weighted by molar-refractivity contribution is 6.42. The van der Waals surface area contributed by atoms with Gasteiger partial charge in [0.05, 0.1) is 0 Å². The van der Waals surface area contributed by atoms with E-state index in [-0.39, 0.29) is 0 Å². The molecule has 0 spiro atoms. The summed E-state index contributed by atoms with van der Waals surface area (Å²) in [6.45, 7) is 3.61. The summed E-state index contributed by atoms with van der Waals surface area (Å²) in [6, 6.07) is 18.9. The van der Waals surface area contributed by atoms with Crippen LogP contribution in [0.4, 0.5) is 0 Å². The second-order valence-electron chi connectivity index (χ2n) is 6.10. The fourth-order valence-electron chi connectivity index (χ4n) is 2.89. The number of ketones is 1. The van der Waals surface area contributed by atoms with Crippen LogP contribution in [0.1, 0.15) is 15.9 Å². The molecule has 1 fully saturated rings. The lowest BCUT2D eigenvalue weighted by Crippen LogP contribution is -2.50. The molecule has 0 aliphatic carbocycles. The molecule has 1 heterocycles. The molecule has 0 saturated carbocycles. The second-order valence-corrected chi connectivity index (χ2v) is 6.10. The predicted molar refractivity (Wildman–Crippen MR) is 99.3 cm³/mol. The maximum Gasteiger partial charge on any atom is 0.295 e. The highest BCUT2D eigenvalue weighted by Gasteiger charge is 2.26. The summed E-state index contributed by atoms with van der Waals surface area (Å²) in [5.74, 6) is -0.816. The topological polar surface area (TPSA) is 40.6 Å². The molecule has 3 rings (SSSR count). The van der Waals surface area contributed by atoms with Gasteiger partial charge in [-0.15, -0.1) is 0 Å². The number of carbonyl (C=O) groups is 2. The van der Waals surface area contributed by atoms with Crippen LogP contribution in [-0.2, 0) is 4.79 Å². The number of Topliss-reactive ketones (excluding diaryl/α,β-unsaturated/α-hetero) is 1. The fraction of sp³-hybridized carbons (Fsp3) is 0.238. The lowest BCUT2D eigenvalue weighted by Gasteiger charge is -2.33. The average molecular weight is 334 g/mol. The minimum Gasteiger partial charge on any atom is -0.333 e. The van der Waals surface area contributed by atoms with Gasteiger partial charge in [0.15, 0.2) is 0 Å². The molecule has 1 saturated heterocycles. The summed E-state index contributed by atoms with van der Waals surface area (Å²) in [7, 11) is 0. The Labute approximate surface area is 148 Å². The Morgan fingerprint density at radius 1 is 0.840 bits per heavy atom. The van der Waals surface area contributed by atoms with Crippen LogP contribution in [0.15, 0.2) is 66.7 Å². The first-order valence-corrected chi connectivity index (χ1v) is 8.56. The minimum absolute atomic E-state index is 0.398. The Hall–Kier alpha value is -2.72. The number of carbonyl (C=O) groups excluding carboxylic acids is 2. The van der Waals surface area contributed by atoms with E-state index in [4.69, 9.17) is 0 Å². The summed E-state index contributed by atoms with van der Waals surface area (Å²) in [6.07, 6.45) is 4.25. The SMILES string of the molecule is O=C(C(=O)N1CCN(C/C=C/c2ccccc2)CC1)c1ccccc1. The van der Waals surface area contributed by atoms with Gasteiger partial charge < -0.3 is 4.90 Å². The normalized spacial score (nSPS) is 15.4. The number of benzene rings is 2. The Kier molecular flexibility index (Phi) is 5.75. The van der Waals surface area contributed by atoms with Gasteiger partial charge in [-0.1, -0.05) is 72.8 Å². The Balaban J connectivity index is 1.47. The molecule has 1 aliphatic rings. The lowest BCUT2D eigenvalue weighted by atomic mass is 10.1. The summed E-state index contributed by atoms with van der Waals surface area (Å²) in [5, 5.41) is 0. The molecule has 128 valence electrons. The molecule has 0 N–H and O–H groups in total. The number of hydrogen-bond donors (Lipinski definition) is 0. The van der Waals surface area contributed by atoms with Crippen molar-refractivity contribution in [1.82, 2.24) is 9.80 Å². The van der Waals surface area contributed by atoms with Crippen LogP contribution in [-0.4, -0.2) is 54.2 Å². The van der Waals surface area contributed by atoms with Gasteiger partial charge in [0.1, 0.15) is 0 Å². The number of hydrogen-bond acceptors (Lipinski definition) is 3. The quantitative estimate of drug-likeness (QED) is 0.623. The maximum atomic E-state index is 12.3. The number of nitrogens with zero attached hydrogens (tertiary/aromatic N) is 2. The van der Waals surface area contributed by atoms with E-state index in [2.05, 4.69) is 29.2 Å². The molecule has 4 nitrogen and oxygen atoms in total. The van der Waals surface area contributed by atoms with Gasteiger partial charge in [0.2, 0.25) is 5.78 Å². The molecule has 0 aromatic heterocycles. The largest absolute Gasteiger partial charge is 0.333 e. The molecular weight excluding hydrogens is 312 g/mol. The van der Waals surface area contributed by atoms with Crippen molar-refractivity contribution >= 4 is 17.8 Å². The predicted octanol–water partition coefficient (Wildman–Crippen LogP) is 2.73. The van der Waals surface area contributed by atoms with E-state index in [0.717, 1.165) is 19.6 Å². The highest BCUT2D eigenvalue weighted by Crippen LogP contribution is 2.08. The molecule has 2 aromatic rings. The van der Waals surface area contributed by atoms with E-state index in [0.29, 0.717) is 18.7 Å². The molecule has 0 unspecified atom stereocenters.